The van der Waals surface area contributed by atoms with Gasteiger partial charge in [0, 0.05) is 55.2 Å². The normalized spacial score (nSPS) is 10.5. The van der Waals surface area contributed by atoms with Gasteiger partial charge in [0.2, 0.25) is 0 Å². The van der Waals surface area contributed by atoms with Gasteiger partial charge in [-0.25, -0.2) is 0 Å². The maximum atomic E-state index is 9.34. The predicted molar refractivity (Wildman–Crippen MR) is 107 cm³/mol. The average molecular weight is 344 g/mol. The smallest absolute Gasteiger partial charge is 0.101 e. The van der Waals surface area contributed by atoms with Crippen molar-refractivity contribution in [3.63, 3.8) is 0 Å². The third-order valence-corrected chi connectivity index (χ3v) is 4.74. The van der Waals surface area contributed by atoms with Crippen LogP contribution in [-0.4, -0.2) is 22.6 Å². The van der Waals surface area contributed by atoms with E-state index in [1.807, 2.05) is 13.1 Å². The SMILES string of the molecule is CCCN(CC)c1ccc(-c2ccc(-c3ccncc3C#N)n2C)cc1. The molecule has 0 saturated carbocycles. The van der Waals surface area contributed by atoms with Gasteiger partial charge >= 0.3 is 0 Å². The second kappa shape index (κ2) is 7.88. The molecule has 3 rings (SSSR count). The fraction of sp³-hybridized carbons (Fsp3) is 0.273. The highest BCUT2D eigenvalue weighted by molar-refractivity contribution is 5.73. The number of nitrogens with zero attached hydrogens (tertiary/aromatic N) is 4. The highest BCUT2D eigenvalue weighted by atomic mass is 15.1. The van der Waals surface area contributed by atoms with E-state index in [-0.39, 0.29) is 0 Å². The van der Waals surface area contributed by atoms with Crippen molar-refractivity contribution in [1.82, 2.24) is 9.55 Å². The molecule has 3 aromatic rings. The van der Waals surface area contributed by atoms with E-state index in [9.17, 15) is 5.26 Å². The molecule has 26 heavy (non-hydrogen) atoms. The van der Waals surface area contributed by atoms with Gasteiger partial charge in [-0.3, -0.25) is 4.98 Å². The van der Waals surface area contributed by atoms with Gasteiger partial charge in [0.05, 0.1) is 5.56 Å². The Bertz CT molecular complexity index is 916. The summed E-state index contributed by atoms with van der Waals surface area (Å²) in [6, 6.07) is 17.0. The van der Waals surface area contributed by atoms with Gasteiger partial charge in [0.25, 0.3) is 0 Å². The number of aromatic nitrogens is 2. The molecular weight excluding hydrogens is 320 g/mol. The molecule has 0 fully saturated rings. The minimum atomic E-state index is 0.591. The Morgan fingerprint density at radius 1 is 1.04 bits per heavy atom. The van der Waals surface area contributed by atoms with Crippen LogP contribution in [0.3, 0.4) is 0 Å². The van der Waals surface area contributed by atoms with Crippen molar-refractivity contribution in [1.29, 1.82) is 5.26 Å². The first-order valence-electron chi connectivity index (χ1n) is 9.05. The predicted octanol–water partition coefficient (Wildman–Crippen LogP) is 4.86. The minimum Gasteiger partial charge on any atom is -0.372 e. The van der Waals surface area contributed by atoms with Crippen LogP contribution in [-0.2, 0) is 7.05 Å². The monoisotopic (exact) mass is 344 g/mol. The highest BCUT2D eigenvalue weighted by Gasteiger charge is 2.12. The Hall–Kier alpha value is -3.06. The molecule has 0 atom stereocenters. The van der Waals surface area contributed by atoms with Gasteiger partial charge in [-0.15, -0.1) is 0 Å². The molecule has 0 aliphatic rings. The van der Waals surface area contributed by atoms with Crippen LogP contribution in [0.1, 0.15) is 25.8 Å². The number of rotatable bonds is 6. The van der Waals surface area contributed by atoms with Gasteiger partial charge in [-0.05, 0) is 49.2 Å². The molecule has 0 amide bonds. The molecule has 132 valence electrons. The molecule has 0 radical (unpaired) electrons. The molecule has 4 heteroatoms. The Balaban J connectivity index is 1.94. The maximum absolute atomic E-state index is 9.34. The fourth-order valence-electron chi connectivity index (χ4n) is 3.36. The summed E-state index contributed by atoms with van der Waals surface area (Å²) in [4.78, 5) is 6.43. The zero-order chi connectivity index (χ0) is 18.5. The number of hydrogen-bond acceptors (Lipinski definition) is 3. The van der Waals surface area contributed by atoms with Crippen LogP contribution in [0.5, 0.6) is 0 Å². The summed E-state index contributed by atoms with van der Waals surface area (Å²) in [5.41, 5.74) is 6.08. The van der Waals surface area contributed by atoms with Crippen molar-refractivity contribution in [2.45, 2.75) is 20.3 Å². The molecule has 2 heterocycles. The summed E-state index contributed by atoms with van der Waals surface area (Å²) in [5, 5.41) is 9.34. The van der Waals surface area contributed by atoms with Crippen LogP contribution >= 0.6 is 0 Å². The Morgan fingerprint density at radius 2 is 1.77 bits per heavy atom. The van der Waals surface area contributed by atoms with Crippen LogP contribution < -0.4 is 4.90 Å². The molecule has 0 unspecified atom stereocenters. The van der Waals surface area contributed by atoms with Crippen molar-refractivity contribution in [2.24, 2.45) is 7.05 Å². The zero-order valence-corrected chi connectivity index (χ0v) is 15.6. The first-order chi connectivity index (χ1) is 12.7. The summed E-state index contributed by atoms with van der Waals surface area (Å²) in [5.74, 6) is 0. The third kappa shape index (κ3) is 3.34. The molecule has 0 bridgehead atoms. The lowest BCUT2D eigenvalue weighted by Gasteiger charge is -2.22. The quantitative estimate of drug-likeness (QED) is 0.641. The van der Waals surface area contributed by atoms with Gasteiger partial charge in [0.1, 0.15) is 6.07 Å². The molecule has 4 nitrogen and oxygen atoms in total. The third-order valence-electron chi connectivity index (χ3n) is 4.74. The largest absolute Gasteiger partial charge is 0.372 e. The van der Waals surface area contributed by atoms with Gasteiger partial charge in [-0.2, -0.15) is 5.26 Å². The first kappa shape index (κ1) is 17.8. The van der Waals surface area contributed by atoms with Gasteiger partial charge < -0.3 is 9.47 Å². The lowest BCUT2D eigenvalue weighted by molar-refractivity contribution is 0.792. The van der Waals surface area contributed by atoms with E-state index in [4.69, 9.17) is 0 Å². The summed E-state index contributed by atoms with van der Waals surface area (Å²) in [7, 11) is 2.04. The Labute approximate surface area is 155 Å². The Morgan fingerprint density at radius 3 is 2.42 bits per heavy atom. The van der Waals surface area contributed by atoms with Crippen LogP contribution in [0.15, 0.2) is 54.9 Å². The number of anilines is 1. The molecule has 0 N–H and O–H groups in total. The molecule has 2 aromatic heterocycles. The first-order valence-corrected chi connectivity index (χ1v) is 9.05. The summed E-state index contributed by atoms with van der Waals surface area (Å²) in [6.45, 7) is 6.48. The van der Waals surface area contributed by atoms with Crippen molar-refractivity contribution in [3.05, 3.63) is 60.4 Å². The summed E-state index contributed by atoms with van der Waals surface area (Å²) >= 11 is 0. The number of benzene rings is 1. The van der Waals surface area contributed by atoms with Crippen molar-refractivity contribution >= 4 is 5.69 Å². The van der Waals surface area contributed by atoms with E-state index in [0.717, 1.165) is 36.5 Å². The standard InChI is InChI=1S/C22H24N4/c1-4-14-26(5-2)19-8-6-17(7-9-19)21-10-11-22(25(21)3)20-12-13-24-16-18(20)15-23/h6-13,16H,4-5,14H2,1-3H3. The molecule has 1 aromatic carbocycles. The van der Waals surface area contributed by atoms with Crippen molar-refractivity contribution < 1.29 is 0 Å². The van der Waals surface area contributed by atoms with Crippen molar-refractivity contribution in [3.8, 4) is 28.6 Å². The highest BCUT2D eigenvalue weighted by Crippen LogP contribution is 2.30. The molecule has 0 saturated heterocycles. The van der Waals surface area contributed by atoms with Gasteiger partial charge in [0.15, 0.2) is 0 Å². The lowest BCUT2D eigenvalue weighted by Crippen LogP contribution is -2.23. The van der Waals surface area contributed by atoms with E-state index in [1.54, 1.807) is 12.4 Å². The van der Waals surface area contributed by atoms with E-state index in [0.29, 0.717) is 5.56 Å². The van der Waals surface area contributed by atoms with E-state index in [1.165, 1.54) is 11.3 Å². The van der Waals surface area contributed by atoms with Crippen LogP contribution in [0.2, 0.25) is 0 Å². The van der Waals surface area contributed by atoms with E-state index in [2.05, 4.69) is 70.8 Å². The molecule has 0 aliphatic heterocycles. The Kier molecular flexibility index (Phi) is 5.38. The molecular formula is C22H24N4. The topological polar surface area (TPSA) is 44.9 Å². The summed E-state index contributed by atoms with van der Waals surface area (Å²) < 4.78 is 2.13. The second-order valence-corrected chi connectivity index (χ2v) is 6.32. The zero-order valence-electron chi connectivity index (χ0n) is 15.6. The minimum absolute atomic E-state index is 0.591. The van der Waals surface area contributed by atoms with E-state index < -0.39 is 0 Å². The number of nitriles is 1. The van der Waals surface area contributed by atoms with Crippen LogP contribution in [0.4, 0.5) is 5.69 Å². The lowest BCUT2D eigenvalue weighted by atomic mass is 10.1. The fourth-order valence-corrected chi connectivity index (χ4v) is 3.36. The number of pyridine rings is 1. The molecule has 0 spiro atoms. The van der Waals surface area contributed by atoms with Crippen molar-refractivity contribution in [2.75, 3.05) is 18.0 Å². The number of hydrogen-bond donors (Lipinski definition) is 0. The van der Waals surface area contributed by atoms with Crippen LogP contribution in [0, 0.1) is 11.3 Å². The maximum Gasteiger partial charge on any atom is 0.101 e. The van der Waals surface area contributed by atoms with Gasteiger partial charge in [-0.1, -0.05) is 19.1 Å². The van der Waals surface area contributed by atoms with E-state index >= 15 is 0 Å². The summed E-state index contributed by atoms with van der Waals surface area (Å²) in [6.07, 6.45) is 4.48. The average Bonchev–Trinajstić information content (AvgIpc) is 3.07. The second-order valence-electron chi connectivity index (χ2n) is 6.32. The molecule has 0 aliphatic carbocycles. The van der Waals surface area contributed by atoms with Crippen LogP contribution in [0.25, 0.3) is 22.5 Å².